The number of hydrogen-bond acceptors (Lipinski definition) is 2. The summed E-state index contributed by atoms with van der Waals surface area (Å²) in [5.74, 6) is 0.382. The van der Waals surface area contributed by atoms with Crippen molar-refractivity contribution in [3.8, 4) is 0 Å². The van der Waals surface area contributed by atoms with Gasteiger partial charge in [0.1, 0.15) is 0 Å². The van der Waals surface area contributed by atoms with Crippen molar-refractivity contribution in [3.63, 3.8) is 0 Å². The Morgan fingerprint density at radius 3 is 2.77 bits per heavy atom. The normalized spacial score (nSPS) is 19.9. The maximum absolute atomic E-state index is 9.95. The Bertz CT molecular complexity index is 287. The van der Waals surface area contributed by atoms with Gasteiger partial charge in [-0.2, -0.15) is 5.10 Å². The molecule has 0 bridgehead atoms. The Morgan fingerprint density at radius 1 is 1.69 bits per heavy atom. The van der Waals surface area contributed by atoms with Crippen molar-refractivity contribution in [2.45, 2.75) is 25.4 Å². The van der Waals surface area contributed by atoms with Gasteiger partial charge < -0.3 is 5.11 Å². The van der Waals surface area contributed by atoms with Crippen LogP contribution in [-0.4, -0.2) is 14.9 Å². The zero-order chi connectivity index (χ0) is 9.42. The van der Waals surface area contributed by atoms with E-state index >= 15 is 0 Å². The summed E-state index contributed by atoms with van der Waals surface area (Å²) in [6, 6.07) is 0. The molecule has 1 aromatic rings. The molecule has 1 fully saturated rings. The number of aliphatic hydroxyl groups excluding tert-OH is 1. The van der Waals surface area contributed by atoms with E-state index in [9.17, 15) is 5.11 Å². The zero-order valence-electron chi connectivity index (χ0n) is 7.57. The van der Waals surface area contributed by atoms with E-state index < -0.39 is 6.10 Å². The molecule has 0 radical (unpaired) electrons. The topological polar surface area (TPSA) is 38.0 Å². The molecule has 0 spiro atoms. The first-order valence-electron chi connectivity index (χ1n) is 4.55. The summed E-state index contributed by atoms with van der Waals surface area (Å²) in [6.07, 6.45) is 4.56. The van der Waals surface area contributed by atoms with E-state index in [1.165, 1.54) is 6.42 Å². The quantitative estimate of drug-likeness (QED) is 0.792. The molecule has 1 aliphatic carbocycles. The third-order valence-corrected chi connectivity index (χ3v) is 3.11. The second-order valence-corrected chi connectivity index (χ2v) is 4.04. The van der Waals surface area contributed by atoms with Crippen LogP contribution in [0.3, 0.4) is 0 Å². The highest BCUT2D eigenvalue weighted by molar-refractivity contribution is 6.31. The fourth-order valence-corrected chi connectivity index (χ4v) is 2.01. The van der Waals surface area contributed by atoms with E-state index in [1.807, 2.05) is 7.05 Å². The lowest BCUT2D eigenvalue weighted by atomic mass is 9.80. The highest BCUT2D eigenvalue weighted by Gasteiger charge is 2.30. The molecular weight excluding hydrogens is 188 g/mol. The van der Waals surface area contributed by atoms with Crippen LogP contribution in [0.4, 0.5) is 0 Å². The van der Waals surface area contributed by atoms with Gasteiger partial charge in [-0.15, -0.1) is 0 Å². The Hall–Kier alpha value is -0.540. The van der Waals surface area contributed by atoms with E-state index in [-0.39, 0.29) is 0 Å². The maximum atomic E-state index is 9.95. The van der Waals surface area contributed by atoms with Gasteiger partial charge in [-0.05, 0) is 18.8 Å². The van der Waals surface area contributed by atoms with Crippen molar-refractivity contribution in [3.05, 3.63) is 16.9 Å². The summed E-state index contributed by atoms with van der Waals surface area (Å²) in [7, 11) is 1.81. The summed E-state index contributed by atoms with van der Waals surface area (Å²) in [5.41, 5.74) is 0.756. The Kier molecular flexibility index (Phi) is 2.30. The van der Waals surface area contributed by atoms with Crippen LogP contribution in [0.25, 0.3) is 0 Å². The standard InChI is InChI=1S/C9H13ClN2O/c1-12-8(7(10)5-11-12)9(13)6-3-2-4-6/h5-6,9,13H,2-4H2,1H3. The minimum Gasteiger partial charge on any atom is -0.386 e. The van der Waals surface area contributed by atoms with E-state index in [1.54, 1.807) is 10.9 Å². The largest absolute Gasteiger partial charge is 0.386 e. The van der Waals surface area contributed by atoms with Crippen molar-refractivity contribution in [1.29, 1.82) is 0 Å². The van der Waals surface area contributed by atoms with Crippen molar-refractivity contribution in [2.75, 3.05) is 0 Å². The molecule has 0 saturated heterocycles. The number of nitrogens with zero attached hydrogens (tertiary/aromatic N) is 2. The van der Waals surface area contributed by atoms with Crippen molar-refractivity contribution < 1.29 is 5.11 Å². The Labute approximate surface area is 82.3 Å². The summed E-state index contributed by atoms with van der Waals surface area (Å²) >= 11 is 5.92. The molecule has 1 aliphatic rings. The van der Waals surface area contributed by atoms with Gasteiger partial charge in [-0.25, -0.2) is 0 Å². The van der Waals surface area contributed by atoms with Crippen molar-refractivity contribution in [1.82, 2.24) is 9.78 Å². The smallest absolute Gasteiger partial charge is 0.0999 e. The zero-order valence-corrected chi connectivity index (χ0v) is 8.33. The van der Waals surface area contributed by atoms with Gasteiger partial charge in [0.2, 0.25) is 0 Å². The number of aryl methyl sites for hydroxylation is 1. The molecule has 1 heterocycles. The molecule has 3 nitrogen and oxygen atoms in total. The molecule has 0 aromatic carbocycles. The first-order valence-corrected chi connectivity index (χ1v) is 4.93. The Morgan fingerprint density at radius 2 is 2.38 bits per heavy atom. The van der Waals surface area contributed by atoms with E-state index in [0.717, 1.165) is 18.5 Å². The minimum atomic E-state index is -0.436. The summed E-state index contributed by atoms with van der Waals surface area (Å²) in [5, 5.41) is 14.5. The van der Waals surface area contributed by atoms with Crippen LogP contribution in [0, 0.1) is 5.92 Å². The number of aromatic nitrogens is 2. The molecule has 72 valence electrons. The molecule has 4 heteroatoms. The average molecular weight is 201 g/mol. The van der Waals surface area contributed by atoms with Gasteiger partial charge in [0, 0.05) is 7.05 Å². The summed E-state index contributed by atoms with van der Waals surface area (Å²) in [4.78, 5) is 0. The van der Waals surface area contributed by atoms with Crippen LogP contribution in [0.2, 0.25) is 5.02 Å². The molecule has 0 amide bonds. The van der Waals surface area contributed by atoms with Gasteiger partial charge >= 0.3 is 0 Å². The molecule has 2 rings (SSSR count). The Balaban J connectivity index is 2.22. The lowest BCUT2D eigenvalue weighted by molar-refractivity contribution is 0.0557. The second kappa shape index (κ2) is 3.31. The molecule has 13 heavy (non-hydrogen) atoms. The van der Waals surface area contributed by atoms with Crippen molar-refractivity contribution >= 4 is 11.6 Å². The SMILES string of the molecule is Cn1ncc(Cl)c1C(O)C1CCC1. The lowest BCUT2D eigenvalue weighted by Crippen LogP contribution is -2.22. The predicted octanol–water partition coefficient (Wildman–Crippen LogP) is 1.91. The third kappa shape index (κ3) is 1.46. The molecular formula is C9H13ClN2O. The maximum Gasteiger partial charge on any atom is 0.0999 e. The molecule has 1 saturated carbocycles. The second-order valence-electron chi connectivity index (χ2n) is 3.64. The molecule has 1 aromatic heterocycles. The van der Waals surface area contributed by atoms with E-state index in [4.69, 9.17) is 11.6 Å². The van der Waals surface area contributed by atoms with Gasteiger partial charge in [0.05, 0.1) is 23.0 Å². The van der Waals surface area contributed by atoms with Gasteiger partial charge in [0.25, 0.3) is 0 Å². The number of rotatable bonds is 2. The van der Waals surface area contributed by atoms with Crippen LogP contribution in [-0.2, 0) is 7.05 Å². The van der Waals surface area contributed by atoms with Gasteiger partial charge in [0.15, 0.2) is 0 Å². The highest BCUT2D eigenvalue weighted by Crippen LogP contribution is 2.39. The number of aliphatic hydroxyl groups is 1. The molecule has 1 unspecified atom stereocenters. The monoisotopic (exact) mass is 200 g/mol. The van der Waals surface area contributed by atoms with Crippen LogP contribution >= 0.6 is 11.6 Å². The highest BCUT2D eigenvalue weighted by atomic mass is 35.5. The average Bonchev–Trinajstić information content (AvgIpc) is 2.27. The molecule has 0 aliphatic heterocycles. The van der Waals surface area contributed by atoms with Crippen molar-refractivity contribution in [2.24, 2.45) is 13.0 Å². The van der Waals surface area contributed by atoms with E-state index in [0.29, 0.717) is 10.9 Å². The van der Waals surface area contributed by atoms with E-state index in [2.05, 4.69) is 5.10 Å². The predicted molar refractivity (Wildman–Crippen MR) is 50.5 cm³/mol. The molecule has 1 atom stereocenters. The third-order valence-electron chi connectivity index (χ3n) is 2.81. The lowest BCUT2D eigenvalue weighted by Gasteiger charge is -2.30. The molecule has 1 N–H and O–H groups in total. The fraction of sp³-hybridized carbons (Fsp3) is 0.667. The van der Waals surface area contributed by atoms with Crippen LogP contribution < -0.4 is 0 Å². The first kappa shape index (κ1) is 9.03. The minimum absolute atomic E-state index is 0.382. The van der Waals surface area contributed by atoms with Crippen LogP contribution in [0.1, 0.15) is 31.1 Å². The summed E-state index contributed by atoms with van der Waals surface area (Å²) in [6.45, 7) is 0. The first-order chi connectivity index (χ1) is 6.20. The number of hydrogen-bond donors (Lipinski definition) is 1. The van der Waals surface area contributed by atoms with Crippen LogP contribution in [0.15, 0.2) is 6.20 Å². The summed E-state index contributed by atoms with van der Waals surface area (Å²) < 4.78 is 1.66. The van der Waals surface area contributed by atoms with Crippen LogP contribution in [0.5, 0.6) is 0 Å². The fourth-order valence-electron chi connectivity index (χ4n) is 1.73. The van der Waals surface area contributed by atoms with Gasteiger partial charge in [-0.1, -0.05) is 18.0 Å². The van der Waals surface area contributed by atoms with Gasteiger partial charge in [-0.3, -0.25) is 4.68 Å². The number of halogens is 1.